The molecule has 72 valence electrons. The highest BCUT2D eigenvalue weighted by atomic mass is 32.2. The lowest BCUT2D eigenvalue weighted by Gasteiger charge is -2.06. The summed E-state index contributed by atoms with van der Waals surface area (Å²) >= 11 is 5.67. The zero-order valence-corrected chi connectivity index (χ0v) is 9.77. The first kappa shape index (κ1) is 9.61. The maximum absolute atomic E-state index is 4.02. The summed E-state index contributed by atoms with van der Waals surface area (Å²) < 4.78 is 0.698. The van der Waals surface area contributed by atoms with E-state index in [9.17, 15) is 0 Å². The number of anilines is 1. The van der Waals surface area contributed by atoms with Crippen LogP contribution >= 0.6 is 34.9 Å². The highest BCUT2D eigenvalue weighted by molar-refractivity contribution is 8.20. The summed E-state index contributed by atoms with van der Waals surface area (Å²) in [5.41, 5.74) is 0. The molecule has 2 heterocycles. The van der Waals surface area contributed by atoms with E-state index in [1.165, 1.54) is 11.5 Å². The summed E-state index contributed by atoms with van der Waals surface area (Å²) in [7, 11) is 0. The van der Waals surface area contributed by atoms with E-state index in [0.29, 0.717) is 4.58 Å². The van der Waals surface area contributed by atoms with Crippen LogP contribution in [0, 0.1) is 6.92 Å². The topological polar surface area (TPSA) is 37.8 Å². The van der Waals surface area contributed by atoms with E-state index in [1.807, 2.05) is 30.4 Å². The van der Waals surface area contributed by atoms with Crippen molar-refractivity contribution in [2.24, 2.45) is 0 Å². The Bertz CT molecular complexity index is 270. The molecule has 1 fully saturated rings. The van der Waals surface area contributed by atoms with Crippen LogP contribution in [-0.2, 0) is 0 Å². The van der Waals surface area contributed by atoms with Gasteiger partial charge < -0.3 is 5.32 Å². The summed E-state index contributed by atoms with van der Waals surface area (Å²) in [6.45, 7) is 2.98. The monoisotopic (exact) mass is 233 g/mol. The largest absolute Gasteiger partial charge is 0.358 e. The van der Waals surface area contributed by atoms with Gasteiger partial charge in [0.05, 0.1) is 4.58 Å². The van der Waals surface area contributed by atoms with Gasteiger partial charge in [-0.25, -0.2) is 0 Å². The fraction of sp³-hybridized carbons (Fsp3) is 0.714. The number of aromatic nitrogens is 2. The normalized spacial score (nSPS) is 17.9. The average molecular weight is 233 g/mol. The molecule has 0 bridgehead atoms. The number of aryl methyl sites for hydroxylation is 1. The molecule has 1 aromatic rings. The maximum atomic E-state index is 4.02. The minimum absolute atomic E-state index is 0.698. The van der Waals surface area contributed by atoms with E-state index < -0.39 is 0 Å². The van der Waals surface area contributed by atoms with Crippen molar-refractivity contribution in [3.8, 4) is 0 Å². The number of rotatable bonds is 3. The molecule has 0 unspecified atom stereocenters. The molecule has 0 spiro atoms. The Labute approximate surface area is 90.1 Å². The zero-order valence-electron chi connectivity index (χ0n) is 7.32. The van der Waals surface area contributed by atoms with E-state index in [1.54, 1.807) is 11.3 Å². The summed E-state index contributed by atoms with van der Waals surface area (Å²) in [4.78, 5) is 0. The van der Waals surface area contributed by atoms with Crippen LogP contribution in [0.25, 0.3) is 0 Å². The Hall–Kier alpha value is 0.0600. The number of nitrogens with one attached hydrogen (secondary N) is 1. The predicted molar refractivity (Wildman–Crippen MR) is 61.8 cm³/mol. The van der Waals surface area contributed by atoms with Crippen molar-refractivity contribution in [3.05, 3.63) is 5.01 Å². The molecule has 1 N–H and O–H groups in total. The lowest BCUT2D eigenvalue weighted by molar-refractivity contribution is 1.03. The van der Waals surface area contributed by atoms with Crippen molar-refractivity contribution in [2.45, 2.75) is 11.5 Å². The quantitative estimate of drug-likeness (QED) is 0.865. The van der Waals surface area contributed by atoms with Gasteiger partial charge in [0.2, 0.25) is 5.13 Å². The van der Waals surface area contributed by atoms with Gasteiger partial charge in [0.1, 0.15) is 5.01 Å². The second kappa shape index (κ2) is 4.52. The predicted octanol–water partition coefficient (Wildman–Crippen LogP) is 2.06. The summed E-state index contributed by atoms with van der Waals surface area (Å²) in [6.07, 6.45) is 0. The van der Waals surface area contributed by atoms with Crippen LogP contribution in [0.3, 0.4) is 0 Å². The van der Waals surface area contributed by atoms with Gasteiger partial charge in [-0.2, -0.15) is 0 Å². The Morgan fingerprint density at radius 3 is 2.77 bits per heavy atom. The van der Waals surface area contributed by atoms with E-state index in [-0.39, 0.29) is 0 Å². The smallest absolute Gasteiger partial charge is 0.205 e. The minimum atomic E-state index is 0.698. The van der Waals surface area contributed by atoms with Crippen LogP contribution in [0.15, 0.2) is 0 Å². The first-order valence-corrected chi connectivity index (χ1v) is 7.03. The van der Waals surface area contributed by atoms with Crippen molar-refractivity contribution in [2.75, 3.05) is 23.4 Å². The van der Waals surface area contributed by atoms with Gasteiger partial charge in [-0.1, -0.05) is 11.3 Å². The fourth-order valence-electron chi connectivity index (χ4n) is 1.06. The van der Waals surface area contributed by atoms with Crippen molar-refractivity contribution >= 4 is 40.0 Å². The highest BCUT2D eigenvalue weighted by Gasteiger charge is 2.15. The molecule has 1 aliphatic heterocycles. The molecule has 0 amide bonds. The molecule has 0 aliphatic carbocycles. The molecular formula is C7H11N3S3. The molecule has 6 heteroatoms. The number of thioether (sulfide) groups is 2. The van der Waals surface area contributed by atoms with Crippen LogP contribution in [0.1, 0.15) is 5.01 Å². The van der Waals surface area contributed by atoms with Crippen molar-refractivity contribution in [1.82, 2.24) is 10.2 Å². The molecule has 0 aromatic carbocycles. The number of hydrogen-bond donors (Lipinski definition) is 1. The molecule has 3 nitrogen and oxygen atoms in total. The lowest BCUT2D eigenvalue weighted by atomic mass is 10.7. The molecule has 1 aromatic heterocycles. The molecule has 0 radical (unpaired) electrons. The van der Waals surface area contributed by atoms with Crippen LogP contribution in [-0.4, -0.2) is 32.8 Å². The summed E-state index contributed by atoms with van der Waals surface area (Å²) in [5, 5.41) is 13.3. The molecule has 2 rings (SSSR count). The second-order valence-corrected chi connectivity index (χ2v) is 6.78. The summed E-state index contributed by atoms with van der Waals surface area (Å²) in [5.74, 6) is 2.57. The molecule has 13 heavy (non-hydrogen) atoms. The van der Waals surface area contributed by atoms with Crippen molar-refractivity contribution < 1.29 is 0 Å². The first-order valence-electron chi connectivity index (χ1n) is 4.12. The van der Waals surface area contributed by atoms with E-state index in [0.717, 1.165) is 16.7 Å². The van der Waals surface area contributed by atoms with E-state index in [2.05, 4.69) is 15.5 Å². The van der Waals surface area contributed by atoms with Gasteiger partial charge in [0, 0.05) is 18.1 Å². The molecule has 0 saturated carbocycles. The van der Waals surface area contributed by atoms with Gasteiger partial charge in [-0.15, -0.1) is 33.7 Å². The third kappa shape index (κ3) is 2.75. The molecular weight excluding hydrogens is 222 g/mol. The van der Waals surface area contributed by atoms with Crippen LogP contribution < -0.4 is 5.32 Å². The second-order valence-electron chi connectivity index (χ2n) is 2.68. The minimum Gasteiger partial charge on any atom is -0.358 e. The Morgan fingerprint density at radius 2 is 2.15 bits per heavy atom. The third-order valence-electron chi connectivity index (χ3n) is 1.64. The molecule has 1 aliphatic rings. The van der Waals surface area contributed by atoms with Gasteiger partial charge in [-0.05, 0) is 6.92 Å². The Balaban J connectivity index is 1.78. The number of hydrogen-bond acceptors (Lipinski definition) is 6. The SMILES string of the molecule is Cc1nnc(NCC2SCCS2)s1. The molecule has 1 saturated heterocycles. The third-order valence-corrected chi connectivity index (χ3v) is 5.46. The fourth-order valence-corrected chi connectivity index (χ4v) is 4.32. The number of nitrogens with zero attached hydrogens (tertiary/aromatic N) is 2. The van der Waals surface area contributed by atoms with E-state index in [4.69, 9.17) is 0 Å². The van der Waals surface area contributed by atoms with E-state index >= 15 is 0 Å². The standard InChI is InChI=1S/C7H11N3S3/c1-5-9-10-7(13-5)8-4-6-11-2-3-12-6/h6H,2-4H2,1H3,(H,8,10). The average Bonchev–Trinajstić information content (AvgIpc) is 2.71. The van der Waals surface area contributed by atoms with Crippen LogP contribution in [0.5, 0.6) is 0 Å². The Kier molecular flexibility index (Phi) is 3.34. The van der Waals surface area contributed by atoms with Crippen molar-refractivity contribution in [3.63, 3.8) is 0 Å². The van der Waals surface area contributed by atoms with Crippen molar-refractivity contribution in [1.29, 1.82) is 0 Å². The van der Waals surface area contributed by atoms with Gasteiger partial charge in [0.25, 0.3) is 0 Å². The Morgan fingerprint density at radius 1 is 1.38 bits per heavy atom. The van der Waals surface area contributed by atoms with Crippen LogP contribution in [0.2, 0.25) is 0 Å². The maximum Gasteiger partial charge on any atom is 0.205 e. The van der Waals surface area contributed by atoms with Gasteiger partial charge >= 0.3 is 0 Å². The zero-order chi connectivity index (χ0) is 9.10. The summed E-state index contributed by atoms with van der Waals surface area (Å²) in [6, 6.07) is 0. The van der Waals surface area contributed by atoms with Crippen LogP contribution in [0.4, 0.5) is 5.13 Å². The highest BCUT2D eigenvalue weighted by Crippen LogP contribution is 2.31. The molecule has 0 atom stereocenters. The lowest BCUT2D eigenvalue weighted by Crippen LogP contribution is -2.10. The van der Waals surface area contributed by atoms with Gasteiger partial charge in [0.15, 0.2) is 0 Å². The van der Waals surface area contributed by atoms with Gasteiger partial charge in [-0.3, -0.25) is 0 Å². The first-order chi connectivity index (χ1) is 6.34.